The highest BCUT2D eigenvalue weighted by atomic mass is 16.6. The molecule has 0 aromatic rings. The van der Waals surface area contributed by atoms with E-state index in [1.165, 1.54) is 18.9 Å². The summed E-state index contributed by atoms with van der Waals surface area (Å²) < 4.78 is 35.6. The van der Waals surface area contributed by atoms with Gasteiger partial charge < -0.3 is 48.6 Å². The molecule has 3 aliphatic heterocycles. The molecule has 1 saturated carbocycles. The van der Waals surface area contributed by atoms with Gasteiger partial charge in [0.05, 0.1) is 30.5 Å². The summed E-state index contributed by atoms with van der Waals surface area (Å²) in [6.07, 6.45) is 10.8. The van der Waals surface area contributed by atoms with Crippen molar-refractivity contribution in [2.24, 2.45) is 35.5 Å². The van der Waals surface area contributed by atoms with E-state index in [9.17, 15) is 39.3 Å². The number of piperidine rings is 1. The Labute approximate surface area is 405 Å². The first-order valence-corrected chi connectivity index (χ1v) is 25.0. The smallest absolute Gasteiger partial charge is 0.329 e. The molecular weight excluding hydrogens is 875 g/mol. The molecule has 68 heavy (non-hydrogen) atoms. The number of allylic oxidation sites excluding steroid dienone is 6. The summed E-state index contributed by atoms with van der Waals surface area (Å²) in [5.41, 5.74) is 1.20. The van der Waals surface area contributed by atoms with Crippen molar-refractivity contribution in [1.29, 1.82) is 0 Å². The molecule has 0 radical (unpaired) electrons. The van der Waals surface area contributed by atoms with Crippen molar-refractivity contribution >= 4 is 29.4 Å². The number of carbonyl (C=O) groups excluding carboxylic acids is 5. The second-order valence-corrected chi connectivity index (χ2v) is 20.4. The van der Waals surface area contributed by atoms with E-state index in [4.69, 9.17) is 28.4 Å². The minimum Gasteiger partial charge on any atom is -0.460 e. The molecule has 0 aromatic carbocycles. The SMILES string of the molecule is CO[C@H]1[C@@H](OC(C)=O)[C@H](C)C[C@H](C)C=CC=CC=C(C)[C@@H](OC)CC2CC[C@@H](C)[C@@](O)(O2)C(=O)C(=O)N2CCCCC2C(=O)O[C@H]([C@H](C)C[C@@H]2CC[C@@H](O)[C@H](OC)C2)CC(=O)C(C)=CC(C)[C@H]1O. The molecule has 3 unspecified atom stereocenters. The van der Waals surface area contributed by atoms with E-state index in [1.807, 2.05) is 58.1 Å². The van der Waals surface area contributed by atoms with Gasteiger partial charge in [-0.2, -0.15) is 0 Å². The van der Waals surface area contributed by atoms with Crippen LogP contribution in [-0.2, 0) is 52.4 Å². The summed E-state index contributed by atoms with van der Waals surface area (Å²) in [5.74, 6) is -7.99. The summed E-state index contributed by atoms with van der Waals surface area (Å²) in [6, 6.07) is -1.15. The van der Waals surface area contributed by atoms with Gasteiger partial charge in [-0.05, 0) is 113 Å². The van der Waals surface area contributed by atoms with E-state index < -0.39 is 90.0 Å². The minimum absolute atomic E-state index is 0.0443. The first kappa shape index (κ1) is 57.0. The Morgan fingerprint density at radius 3 is 2.26 bits per heavy atom. The van der Waals surface area contributed by atoms with Crippen molar-refractivity contribution < 1.29 is 67.7 Å². The number of rotatable bonds is 7. The van der Waals surface area contributed by atoms with Crippen LogP contribution in [0.1, 0.15) is 132 Å². The summed E-state index contributed by atoms with van der Waals surface area (Å²) in [5, 5.41) is 34.3. The van der Waals surface area contributed by atoms with Crippen LogP contribution in [0.4, 0.5) is 0 Å². The Kier molecular flexibility index (Phi) is 22.3. The molecule has 384 valence electrons. The van der Waals surface area contributed by atoms with Crippen LogP contribution < -0.4 is 0 Å². The zero-order chi connectivity index (χ0) is 50.5. The third kappa shape index (κ3) is 15.2. The number of hydrogen-bond donors (Lipinski definition) is 3. The molecule has 3 N–H and O–H groups in total. The summed E-state index contributed by atoms with van der Waals surface area (Å²) in [6.45, 7) is 14.3. The fraction of sp³-hybridized carbons (Fsp3) is 0.755. The van der Waals surface area contributed by atoms with Crippen molar-refractivity contribution in [3.63, 3.8) is 0 Å². The largest absolute Gasteiger partial charge is 0.460 e. The summed E-state index contributed by atoms with van der Waals surface area (Å²) >= 11 is 0. The number of carbonyl (C=O) groups is 5. The molecule has 2 bridgehead atoms. The maximum absolute atomic E-state index is 14.4. The maximum Gasteiger partial charge on any atom is 0.329 e. The lowest BCUT2D eigenvalue weighted by Gasteiger charge is -2.42. The highest BCUT2D eigenvalue weighted by Gasteiger charge is 2.53. The number of ether oxygens (including phenoxy) is 6. The molecule has 3 fully saturated rings. The number of hydrogen-bond acceptors (Lipinski definition) is 14. The van der Waals surface area contributed by atoms with Crippen LogP contribution in [0, 0.1) is 35.5 Å². The number of fused-ring (bicyclic) bond motifs is 3. The third-order valence-electron chi connectivity index (χ3n) is 15.0. The Morgan fingerprint density at radius 1 is 0.882 bits per heavy atom. The van der Waals surface area contributed by atoms with Crippen LogP contribution in [0.2, 0.25) is 0 Å². The predicted molar refractivity (Wildman–Crippen MR) is 256 cm³/mol. The second kappa shape index (κ2) is 26.6. The normalized spacial score (nSPS) is 37.6. The fourth-order valence-electron chi connectivity index (χ4n) is 10.7. The molecule has 16 atom stereocenters. The van der Waals surface area contributed by atoms with Crippen LogP contribution >= 0.6 is 0 Å². The summed E-state index contributed by atoms with van der Waals surface area (Å²) in [7, 11) is 4.60. The van der Waals surface area contributed by atoms with Crippen LogP contribution in [0.3, 0.4) is 0 Å². The number of esters is 2. The lowest BCUT2D eigenvalue weighted by Crippen LogP contribution is -2.61. The van der Waals surface area contributed by atoms with Gasteiger partial charge in [0.15, 0.2) is 5.78 Å². The third-order valence-corrected chi connectivity index (χ3v) is 15.0. The van der Waals surface area contributed by atoms with E-state index in [-0.39, 0.29) is 54.9 Å². The van der Waals surface area contributed by atoms with Gasteiger partial charge in [0.2, 0.25) is 5.79 Å². The van der Waals surface area contributed by atoms with Crippen LogP contribution in [-0.4, -0.2) is 138 Å². The number of nitrogens with zero attached hydrogens (tertiary/aromatic N) is 1. The van der Waals surface area contributed by atoms with Gasteiger partial charge in [0.1, 0.15) is 24.4 Å². The van der Waals surface area contributed by atoms with E-state index in [0.717, 1.165) is 5.57 Å². The second-order valence-electron chi connectivity index (χ2n) is 20.4. The first-order chi connectivity index (χ1) is 32.1. The number of ketones is 2. The number of aliphatic hydroxyl groups is 3. The van der Waals surface area contributed by atoms with Crippen LogP contribution in [0.15, 0.2) is 47.6 Å². The van der Waals surface area contributed by atoms with Crippen molar-refractivity contribution in [3.8, 4) is 0 Å². The van der Waals surface area contributed by atoms with E-state index in [1.54, 1.807) is 41.1 Å². The average Bonchev–Trinajstić information content (AvgIpc) is 3.30. The van der Waals surface area contributed by atoms with E-state index >= 15 is 0 Å². The maximum atomic E-state index is 14.4. The van der Waals surface area contributed by atoms with E-state index in [0.29, 0.717) is 69.8 Å². The standard InChI is InChI=1S/C53H83NO14/c1-31-17-13-12-14-18-32(2)44(63-9)29-40-22-20-37(7)53(62,68-40)50(59)51(60)54-24-16-15-19-41(54)52(61)67-45(34(4)27-39-21-23-42(56)46(28-39)64-10)30-43(57)33(3)26-35(5)47(58)49(65-11)48(36(6)25-31)66-38(8)55/h12-14,17-18,26,31,34-37,39-42,44-49,56,58,62H,15-16,19-25,27-30H2,1-11H3/t31-,34-,35?,36-,37-,39+,40?,41?,42-,44+,45+,46-,47-,48+,49-,53-/m1/s1. The highest BCUT2D eigenvalue weighted by Crippen LogP contribution is 2.38. The Hall–Kier alpha value is -3.57. The van der Waals surface area contributed by atoms with Crippen LogP contribution in [0.5, 0.6) is 0 Å². The van der Waals surface area contributed by atoms with Crippen molar-refractivity contribution in [3.05, 3.63) is 47.6 Å². The monoisotopic (exact) mass is 958 g/mol. The Balaban J connectivity index is 1.74. The van der Waals surface area contributed by atoms with Crippen LogP contribution in [0.25, 0.3) is 0 Å². The number of Topliss-reactive ketones (excluding diaryl/α,β-unsaturated/α-hetero) is 2. The zero-order valence-electron chi connectivity index (χ0n) is 42.6. The number of amides is 1. The van der Waals surface area contributed by atoms with Gasteiger partial charge in [0.25, 0.3) is 11.7 Å². The molecular formula is C53H83NO14. The van der Waals surface area contributed by atoms with Gasteiger partial charge in [-0.1, -0.05) is 71.1 Å². The Bertz CT molecular complexity index is 1830. The molecule has 0 aromatic heterocycles. The molecule has 4 rings (SSSR count). The highest BCUT2D eigenvalue weighted by molar-refractivity contribution is 6.39. The predicted octanol–water partition coefficient (Wildman–Crippen LogP) is 6.54. The topological polar surface area (TPSA) is 205 Å². The van der Waals surface area contributed by atoms with Crippen molar-refractivity contribution in [2.45, 2.75) is 193 Å². The molecule has 4 aliphatic rings. The molecule has 0 spiro atoms. The molecule has 2 saturated heterocycles. The Morgan fingerprint density at radius 2 is 1.60 bits per heavy atom. The van der Waals surface area contributed by atoms with E-state index in [2.05, 4.69) is 0 Å². The number of aliphatic hydroxyl groups excluding tert-OH is 2. The van der Waals surface area contributed by atoms with Crippen molar-refractivity contribution in [2.75, 3.05) is 27.9 Å². The number of cyclic esters (lactones) is 1. The molecule has 3 heterocycles. The fourth-order valence-corrected chi connectivity index (χ4v) is 10.7. The molecule has 1 amide bonds. The first-order valence-electron chi connectivity index (χ1n) is 25.0. The van der Waals surface area contributed by atoms with Gasteiger partial charge in [-0.15, -0.1) is 0 Å². The van der Waals surface area contributed by atoms with Gasteiger partial charge in [0, 0.05) is 59.5 Å². The number of methoxy groups -OCH3 is 3. The van der Waals surface area contributed by atoms with Gasteiger partial charge in [-0.25, -0.2) is 4.79 Å². The molecule has 1 aliphatic carbocycles. The summed E-state index contributed by atoms with van der Waals surface area (Å²) in [4.78, 5) is 70.8. The minimum atomic E-state index is -2.44. The quantitative estimate of drug-likeness (QED) is 0.183. The lowest BCUT2D eigenvalue weighted by atomic mass is 9.78. The lowest BCUT2D eigenvalue weighted by molar-refractivity contribution is -0.265. The molecule has 15 nitrogen and oxygen atoms in total. The van der Waals surface area contributed by atoms with Crippen molar-refractivity contribution in [1.82, 2.24) is 4.90 Å². The zero-order valence-corrected chi connectivity index (χ0v) is 42.6. The molecule has 15 heteroatoms. The van der Waals surface area contributed by atoms with Gasteiger partial charge in [-0.3, -0.25) is 19.2 Å². The average molecular weight is 958 g/mol. The van der Waals surface area contributed by atoms with Gasteiger partial charge >= 0.3 is 11.9 Å².